The van der Waals surface area contributed by atoms with E-state index in [1.807, 2.05) is 109 Å². The van der Waals surface area contributed by atoms with Gasteiger partial charge in [0.1, 0.15) is 19.0 Å². The SMILES string of the molecule is c1ccc2c(c1)-c1ccccc1C21c2ccccc2-c2ccc(-n3c4ccccc4c4c5c6ncncc6sc5c5sc6ccccc6c5c43)cc21.c1ccc2c(c1)sc1c(-n3c4ccccc4c4c5c6ncncc6sc5c5sc6ccccc6c5c43)cccc12.c1ccc2c(c1)sc1ccc(-n3c4ccccc4c4c5c6ncncc6sc5c5sc6ccccc6c5c43)cc12. The summed E-state index contributed by atoms with van der Waals surface area (Å²) in [5.41, 5.74) is 24.4. The van der Waals surface area contributed by atoms with Crippen LogP contribution in [0.25, 0.3) is 267 Å². The van der Waals surface area contributed by atoms with Crippen LogP contribution in [-0.4, -0.2) is 43.6 Å². The molecular formula is C115H59N9S8. The third kappa shape index (κ3) is 9.61. The zero-order valence-electron chi connectivity index (χ0n) is 69.4. The van der Waals surface area contributed by atoms with Crippen LogP contribution in [0.15, 0.2) is 359 Å². The molecule has 0 fully saturated rings. The fourth-order valence-corrected chi connectivity index (χ4v) is 32.7. The summed E-state index contributed by atoms with van der Waals surface area (Å²) in [5.74, 6) is 0. The highest BCUT2D eigenvalue weighted by molar-refractivity contribution is 7.35. The Balaban J connectivity index is 0.0000000944. The predicted octanol–water partition coefficient (Wildman–Crippen LogP) is 34.0. The van der Waals surface area contributed by atoms with Crippen molar-refractivity contribution in [2.75, 3.05) is 0 Å². The third-order valence-corrected chi connectivity index (χ3v) is 37.7. The number of benzene rings is 17. The highest BCUT2D eigenvalue weighted by Crippen LogP contribution is 2.65. The Morgan fingerprint density at radius 3 is 0.985 bits per heavy atom. The van der Waals surface area contributed by atoms with Crippen molar-refractivity contribution in [2.45, 2.75) is 5.41 Å². The second-order valence-electron chi connectivity index (χ2n) is 34.4. The van der Waals surface area contributed by atoms with Gasteiger partial charge >= 0.3 is 0 Å². The van der Waals surface area contributed by atoms with Gasteiger partial charge in [0.05, 0.1) is 108 Å². The van der Waals surface area contributed by atoms with E-state index >= 15 is 0 Å². The van der Waals surface area contributed by atoms with Gasteiger partial charge in [-0.1, -0.05) is 237 Å². The van der Waals surface area contributed by atoms with Crippen molar-refractivity contribution >= 4 is 318 Å². The highest BCUT2D eigenvalue weighted by atomic mass is 32.1. The van der Waals surface area contributed by atoms with E-state index in [1.165, 1.54) is 258 Å². The van der Waals surface area contributed by atoms with Crippen molar-refractivity contribution in [1.29, 1.82) is 0 Å². The minimum atomic E-state index is -0.411. The lowest BCUT2D eigenvalue weighted by molar-refractivity contribution is 0.792. The van der Waals surface area contributed by atoms with Crippen molar-refractivity contribution in [3.8, 4) is 39.3 Å². The van der Waals surface area contributed by atoms with Crippen molar-refractivity contribution in [3.05, 3.63) is 381 Å². The van der Waals surface area contributed by atoms with Gasteiger partial charge in [-0.25, -0.2) is 29.9 Å². The summed E-state index contributed by atoms with van der Waals surface area (Å²) in [7, 11) is 0. The summed E-state index contributed by atoms with van der Waals surface area (Å²) in [5, 5.41) is 24.5. The zero-order valence-corrected chi connectivity index (χ0v) is 75.9. The molecule has 2 aliphatic carbocycles. The average Bonchev–Trinajstić information content (AvgIpc) is 1.49. The van der Waals surface area contributed by atoms with E-state index in [1.54, 1.807) is 19.0 Å². The maximum Gasteiger partial charge on any atom is 0.116 e. The summed E-state index contributed by atoms with van der Waals surface area (Å²) < 4.78 is 28.1. The van der Waals surface area contributed by atoms with Gasteiger partial charge in [0.2, 0.25) is 0 Å². The molecule has 0 aliphatic heterocycles. The molecule has 17 aromatic carbocycles. The second kappa shape index (κ2) is 27.1. The Morgan fingerprint density at radius 2 is 0.523 bits per heavy atom. The van der Waals surface area contributed by atoms with Gasteiger partial charge in [0.15, 0.2) is 0 Å². The number of hydrogen-bond donors (Lipinski definition) is 0. The maximum atomic E-state index is 4.92. The molecule has 132 heavy (non-hydrogen) atoms. The molecule has 0 saturated carbocycles. The van der Waals surface area contributed by atoms with Crippen molar-refractivity contribution in [1.82, 2.24) is 43.6 Å². The van der Waals surface area contributed by atoms with Crippen LogP contribution in [0.2, 0.25) is 0 Å². The molecule has 14 aromatic heterocycles. The van der Waals surface area contributed by atoms with E-state index in [0.717, 1.165) is 30.6 Å². The molecule has 1 spiro atoms. The molecule has 0 N–H and O–H groups in total. The normalized spacial score (nSPS) is 13.1. The Kier molecular flexibility index (Phi) is 15.0. The fraction of sp³-hybridized carbons (Fsp3) is 0.00870. The standard InChI is InChI=1S/C47H25N3S2.2C34H17N3S3/c1-6-16-33-27(11-1)28-12-2-7-17-34(28)47(33)35-18-8-3-13-29(35)30-22-21-26(23-36(30)47)50-37-19-9-4-14-31(37)40-42-43-39(24-48-25-49-43)52-46(42)45-41(44(40)50)32-15-5-10-20-38(32)51-45;1-4-12-22-20(9-1)27-29-30-26(16-35-17-36-30)40-34(29)33-28(21-10-3-6-15-25(21)39-33)31(27)37(22)23-13-7-11-19-18-8-2-5-14-24(18)38-32(19)23;1-4-10-23-20(8-1)28-30-31-27(16-35-17-36-31)40-34(30)33-29(21-9-3-6-12-25(21)39-33)32(28)37(23)18-13-14-26-22(15-18)19-7-2-5-11-24(19)38-26/h1-25H;2*1-17H. The van der Waals surface area contributed by atoms with E-state index < -0.39 is 5.41 Å². The van der Waals surface area contributed by atoms with Gasteiger partial charge in [-0.2, -0.15) is 0 Å². The van der Waals surface area contributed by atoms with Gasteiger partial charge < -0.3 is 13.7 Å². The van der Waals surface area contributed by atoms with Gasteiger partial charge in [0, 0.05) is 161 Å². The third-order valence-electron chi connectivity index (χ3n) is 28.0. The van der Waals surface area contributed by atoms with Gasteiger partial charge in [0.25, 0.3) is 0 Å². The molecule has 0 unspecified atom stereocenters. The van der Waals surface area contributed by atoms with E-state index in [-0.39, 0.29) is 0 Å². The molecule has 9 nitrogen and oxygen atoms in total. The first-order valence-electron chi connectivity index (χ1n) is 44.0. The van der Waals surface area contributed by atoms with E-state index in [2.05, 4.69) is 350 Å². The van der Waals surface area contributed by atoms with E-state index in [0.29, 0.717) is 0 Å². The summed E-state index contributed by atoms with van der Waals surface area (Å²) in [6.07, 6.45) is 11.0. The van der Waals surface area contributed by atoms with E-state index in [4.69, 9.17) is 15.0 Å². The van der Waals surface area contributed by atoms with Gasteiger partial charge in [-0.15, -0.1) is 90.7 Å². The number of hydrogen-bond acceptors (Lipinski definition) is 14. The van der Waals surface area contributed by atoms with Crippen LogP contribution < -0.4 is 0 Å². The first-order valence-corrected chi connectivity index (χ1v) is 50.5. The molecule has 33 rings (SSSR count). The summed E-state index contributed by atoms with van der Waals surface area (Å²) in [6, 6.07) is 119. The van der Waals surface area contributed by atoms with Crippen LogP contribution in [0.5, 0.6) is 0 Å². The molecule has 0 atom stereocenters. The lowest BCUT2D eigenvalue weighted by atomic mass is 9.70. The van der Waals surface area contributed by atoms with Crippen molar-refractivity contribution in [2.24, 2.45) is 0 Å². The molecule has 14 heterocycles. The summed E-state index contributed by atoms with van der Waals surface area (Å²) in [4.78, 5) is 27.8. The molecule has 0 saturated heterocycles. The zero-order chi connectivity index (χ0) is 85.6. The predicted molar refractivity (Wildman–Crippen MR) is 569 cm³/mol. The van der Waals surface area contributed by atoms with Crippen molar-refractivity contribution < 1.29 is 0 Å². The molecule has 0 bridgehead atoms. The molecule has 0 radical (unpaired) electrons. The molecular weight excluding hydrogens is 1760 g/mol. The Bertz CT molecular complexity index is 10500. The number of nitrogens with zero attached hydrogens (tertiary/aromatic N) is 9. The summed E-state index contributed by atoms with van der Waals surface area (Å²) >= 11 is 14.9. The number of aromatic nitrogens is 9. The monoisotopic (exact) mass is 1820 g/mol. The average molecular weight is 1820 g/mol. The highest BCUT2D eigenvalue weighted by Gasteiger charge is 2.52. The smallest absolute Gasteiger partial charge is 0.116 e. The number of thiophene rings is 8. The van der Waals surface area contributed by atoms with E-state index in [9.17, 15) is 0 Å². The van der Waals surface area contributed by atoms with Crippen molar-refractivity contribution in [3.63, 3.8) is 0 Å². The van der Waals surface area contributed by atoms with Crippen LogP contribution in [-0.2, 0) is 5.41 Å². The Morgan fingerprint density at radius 1 is 0.205 bits per heavy atom. The minimum Gasteiger partial charge on any atom is -0.309 e. The number of fused-ring (bicyclic) bond motifs is 52. The molecule has 0 amide bonds. The van der Waals surface area contributed by atoms with Crippen LogP contribution in [0.1, 0.15) is 22.3 Å². The largest absolute Gasteiger partial charge is 0.309 e. The number of para-hydroxylation sites is 3. The van der Waals surface area contributed by atoms with Crippen LogP contribution in [0, 0.1) is 0 Å². The molecule has 612 valence electrons. The van der Waals surface area contributed by atoms with Crippen LogP contribution in [0.4, 0.5) is 0 Å². The fourth-order valence-electron chi connectivity index (χ4n) is 23.0. The first kappa shape index (κ1) is 73.0. The lowest BCUT2D eigenvalue weighted by Gasteiger charge is -2.30. The Labute approximate surface area is 780 Å². The lowest BCUT2D eigenvalue weighted by Crippen LogP contribution is -2.26. The molecule has 31 aromatic rings. The molecule has 2 aliphatic rings. The summed E-state index contributed by atoms with van der Waals surface area (Å²) in [6.45, 7) is 0. The van der Waals surface area contributed by atoms with Crippen LogP contribution >= 0.6 is 90.7 Å². The molecule has 17 heteroatoms. The van der Waals surface area contributed by atoms with Gasteiger partial charge in [-0.05, 0) is 129 Å². The second-order valence-corrected chi connectivity index (χ2v) is 42.9. The Hall–Kier alpha value is -14.9. The first-order chi connectivity index (χ1) is 65.5. The minimum absolute atomic E-state index is 0.411. The maximum absolute atomic E-state index is 4.92. The number of rotatable bonds is 3. The van der Waals surface area contributed by atoms with Gasteiger partial charge in [-0.3, -0.25) is 0 Å². The van der Waals surface area contributed by atoms with Crippen LogP contribution in [0.3, 0.4) is 0 Å². The topological polar surface area (TPSA) is 92.1 Å². The quantitative estimate of drug-likeness (QED) is 0.175.